The van der Waals surface area contributed by atoms with Gasteiger partial charge in [0.2, 0.25) is 0 Å². The number of rotatable bonds is 6. The molecule has 0 unspecified atom stereocenters. The Hall–Kier alpha value is -2.47. The summed E-state index contributed by atoms with van der Waals surface area (Å²) in [5.41, 5.74) is 7.43. The number of carbonyl (C=O) groups is 1. The van der Waals surface area contributed by atoms with E-state index in [2.05, 4.69) is 5.32 Å². The number of ether oxygens (including phenoxy) is 2. The fourth-order valence-corrected chi connectivity index (χ4v) is 1.96. The molecule has 112 valence electrons. The molecule has 0 saturated heterocycles. The quantitative estimate of drug-likeness (QED) is 0.797. The summed E-state index contributed by atoms with van der Waals surface area (Å²) < 4.78 is 12.0. The second-order valence-corrected chi connectivity index (χ2v) is 4.49. The average Bonchev–Trinajstić information content (AvgIpc) is 2.95. The second-order valence-electron chi connectivity index (χ2n) is 4.49. The largest absolute Gasteiger partial charge is 0.497 e. The molecule has 1 heterocycles. The van der Waals surface area contributed by atoms with Gasteiger partial charge >= 0.3 is 0 Å². The first-order valence-corrected chi connectivity index (χ1v) is 6.54. The first-order chi connectivity index (χ1) is 10.2. The van der Waals surface area contributed by atoms with Gasteiger partial charge in [0, 0.05) is 25.9 Å². The normalized spacial score (nSPS) is 10.4. The molecule has 1 aromatic carbocycles. The number of aromatic nitrogens is 1. The van der Waals surface area contributed by atoms with Crippen LogP contribution in [0.15, 0.2) is 36.5 Å². The van der Waals surface area contributed by atoms with Crippen LogP contribution in [0.5, 0.6) is 5.75 Å². The molecular weight excluding hydrogens is 270 g/mol. The topological polar surface area (TPSA) is 78.5 Å². The maximum atomic E-state index is 12.3. The van der Waals surface area contributed by atoms with Crippen molar-refractivity contribution in [1.82, 2.24) is 4.57 Å². The molecule has 1 amide bonds. The van der Waals surface area contributed by atoms with Crippen LogP contribution >= 0.6 is 0 Å². The molecule has 0 fully saturated rings. The lowest BCUT2D eigenvalue weighted by Gasteiger charge is -2.12. The van der Waals surface area contributed by atoms with Crippen LogP contribution in [0.1, 0.15) is 10.5 Å². The van der Waals surface area contributed by atoms with Gasteiger partial charge in [0.1, 0.15) is 11.4 Å². The Morgan fingerprint density at radius 3 is 2.86 bits per heavy atom. The van der Waals surface area contributed by atoms with Crippen molar-refractivity contribution in [2.24, 2.45) is 0 Å². The van der Waals surface area contributed by atoms with E-state index in [-0.39, 0.29) is 5.91 Å². The maximum absolute atomic E-state index is 12.3. The molecule has 0 aliphatic rings. The van der Waals surface area contributed by atoms with Crippen LogP contribution in [-0.4, -0.2) is 31.3 Å². The second kappa shape index (κ2) is 6.81. The number of nitrogens with two attached hydrogens (primary N) is 1. The summed E-state index contributed by atoms with van der Waals surface area (Å²) in [7, 11) is 3.19. The van der Waals surface area contributed by atoms with Crippen molar-refractivity contribution < 1.29 is 14.3 Å². The van der Waals surface area contributed by atoms with Gasteiger partial charge in [-0.15, -0.1) is 0 Å². The van der Waals surface area contributed by atoms with Gasteiger partial charge in [-0.05, 0) is 24.3 Å². The van der Waals surface area contributed by atoms with E-state index in [0.717, 1.165) is 0 Å². The minimum Gasteiger partial charge on any atom is -0.497 e. The predicted molar refractivity (Wildman–Crippen MR) is 81.7 cm³/mol. The van der Waals surface area contributed by atoms with Gasteiger partial charge in [-0.2, -0.15) is 0 Å². The molecule has 0 aliphatic carbocycles. The van der Waals surface area contributed by atoms with Gasteiger partial charge in [0.25, 0.3) is 5.91 Å². The lowest BCUT2D eigenvalue weighted by atomic mass is 10.2. The number of anilines is 2. The highest BCUT2D eigenvalue weighted by Gasteiger charge is 2.12. The standard InChI is InChI=1S/C15H19N3O3/c1-20-9-8-18-7-3-4-14(18)15(19)17-13-10-11(21-2)5-6-12(13)16/h3-7,10H,8-9,16H2,1-2H3,(H,17,19). The zero-order chi connectivity index (χ0) is 15.2. The summed E-state index contributed by atoms with van der Waals surface area (Å²) in [6, 6.07) is 8.70. The SMILES string of the molecule is COCCn1cccc1C(=O)Nc1cc(OC)ccc1N. The Kier molecular flexibility index (Phi) is 4.84. The fourth-order valence-electron chi connectivity index (χ4n) is 1.96. The van der Waals surface area contributed by atoms with E-state index >= 15 is 0 Å². The molecule has 0 saturated carbocycles. The predicted octanol–water partition coefficient (Wildman–Crippen LogP) is 1.98. The van der Waals surface area contributed by atoms with E-state index in [1.807, 2.05) is 16.8 Å². The Morgan fingerprint density at radius 1 is 1.33 bits per heavy atom. The summed E-state index contributed by atoms with van der Waals surface area (Å²) >= 11 is 0. The van der Waals surface area contributed by atoms with Crippen LogP contribution < -0.4 is 15.8 Å². The van der Waals surface area contributed by atoms with Crippen LogP contribution in [0, 0.1) is 0 Å². The smallest absolute Gasteiger partial charge is 0.272 e. The summed E-state index contributed by atoms with van der Waals surface area (Å²) in [4.78, 5) is 12.3. The van der Waals surface area contributed by atoms with E-state index in [1.54, 1.807) is 38.5 Å². The summed E-state index contributed by atoms with van der Waals surface area (Å²) in [5, 5.41) is 2.80. The number of nitrogen functional groups attached to an aromatic ring is 1. The van der Waals surface area contributed by atoms with E-state index in [4.69, 9.17) is 15.2 Å². The van der Waals surface area contributed by atoms with Crippen molar-refractivity contribution in [1.29, 1.82) is 0 Å². The van der Waals surface area contributed by atoms with Gasteiger partial charge in [0.05, 0.1) is 25.1 Å². The lowest BCUT2D eigenvalue weighted by Crippen LogP contribution is -2.18. The Balaban J connectivity index is 2.16. The zero-order valence-electron chi connectivity index (χ0n) is 12.1. The number of hydrogen-bond acceptors (Lipinski definition) is 4. The number of hydrogen-bond donors (Lipinski definition) is 2. The van der Waals surface area contributed by atoms with Crippen molar-refractivity contribution in [2.45, 2.75) is 6.54 Å². The highest BCUT2D eigenvalue weighted by molar-refractivity contribution is 6.04. The molecule has 6 heteroatoms. The molecule has 21 heavy (non-hydrogen) atoms. The number of benzene rings is 1. The van der Waals surface area contributed by atoms with Crippen molar-refractivity contribution in [3.63, 3.8) is 0 Å². The van der Waals surface area contributed by atoms with Crippen molar-refractivity contribution in [3.05, 3.63) is 42.2 Å². The zero-order valence-corrected chi connectivity index (χ0v) is 12.1. The molecule has 2 aromatic rings. The Labute approximate surface area is 123 Å². The highest BCUT2D eigenvalue weighted by Crippen LogP contribution is 2.24. The van der Waals surface area contributed by atoms with E-state index in [9.17, 15) is 4.79 Å². The monoisotopic (exact) mass is 289 g/mol. The molecule has 0 bridgehead atoms. The Morgan fingerprint density at radius 2 is 2.14 bits per heavy atom. The third kappa shape index (κ3) is 3.55. The average molecular weight is 289 g/mol. The fraction of sp³-hybridized carbons (Fsp3) is 0.267. The molecule has 3 N–H and O–H groups in total. The van der Waals surface area contributed by atoms with Gasteiger partial charge in [-0.25, -0.2) is 0 Å². The van der Waals surface area contributed by atoms with Gasteiger partial charge in [0.15, 0.2) is 0 Å². The van der Waals surface area contributed by atoms with Crippen LogP contribution in [0.4, 0.5) is 11.4 Å². The summed E-state index contributed by atoms with van der Waals surface area (Å²) in [6.45, 7) is 1.15. The third-order valence-corrected chi connectivity index (χ3v) is 3.11. The van der Waals surface area contributed by atoms with Crippen LogP contribution in [0.2, 0.25) is 0 Å². The van der Waals surface area contributed by atoms with Gasteiger partial charge in [-0.1, -0.05) is 0 Å². The lowest BCUT2D eigenvalue weighted by molar-refractivity contribution is 0.101. The molecule has 1 aromatic heterocycles. The number of amides is 1. The van der Waals surface area contributed by atoms with Crippen LogP contribution in [0.25, 0.3) is 0 Å². The molecule has 0 aliphatic heterocycles. The van der Waals surface area contributed by atoms with Crippen molar-refractivity contribution in [3.8, 4) is 5.75 Å². The first-order valence-electron chi connectivity index (χ1n) is 6.54. The van der Waals surface area contributed by atoms with E-state index < -0.39 is 0 Å². The highest BCUT2D eigenvalue weighted by atomic mass is 16.5. The number of nitrogens with zero attached hydrogens (tertiary/aromatic N) is 1. The van der Waals surface area contributed by atoms with Crippen LogP contribution in [0.3, 0.4) is 0 Å². The molecule has 0 atom stereocenters. The Bertz CT molecular complexity index is 622. The minimum absolute atomic E-state index is 0.226. The third-order valence-electron chi connectivity index (χ3n) is 3.11. The summed E-state index contributed by atoms with van der Waals surface area (Å²) in [6.07, 6.45) is 1.84. The van der Waals surface area contributed by atoms with Gasteiger partial charge < -0.3 is 25.1 Å². The molecular formula is C15H19N3O3. The first kappa shape index (κ1) is 14.9. The van der Waals surface area contributed by atoms with Crippen molar-refractivity contribution in [2.75, 3.05) is 31.9 Å². The van der Waals surface area contributed by atoms with E-state index in [0.29, 0.717) is 36.0 Å². The van der Waals surface area contributed by atoms with E-state index in [1.165, 1.54) is 0 Å². The van der Waals surface area contributed by atoms with Crippen molar-refractivity contribution >= 4 is 17.3 Å². The number of nitrogens with one attached hydrogen (secondary N) is 1. The summed E-state index contributed by atoms with van der Waals surface area (Å²) in [5.74, 6) is 0.408. The molecule has 2 rings (SSSR count). The van der Waals surface area contributed by atoms with Crippen LogP contribution in [-0.2, 0) is 11.3 Å². The molecule has 0 radical (unpaired) electrons. The maximum Gasteiger partial charge on any atom is 0.272 e. The van der Waals surface area contributed by atoms with Gasteiger partial charge in [-0.3, -0.25) is 4.79 Å². The number of carbonyl (C=O) groups excluding carboxylic acids is 1. The molecule has 6 nitrogen and oxygen atoms in total. The minimum atomic E-state index is -0.226. The number of methoxy groups -OCH3 is 2. The molecule has 0 spiro atoms.